The van der Waals surface area contributed by atoms with Gasteiger partial charge in [-0.25, -0.2) is 13.2 Å². The van der Waals surface area contributed by atoms with Crippen molar-refractivity contribution in [2.45, 2.75) is 26.4 Å². The fraction of sp³-hybridized carbons (Fsp3) is 0.533. The summed E-state index contributed by atoms with van der Waals surface area (Å²) < 4.78 is 30.4. The van der Waals surface area contributed by atoms with E-state index in [0.717, 1.165) is 11.8 Å². The number of sulfonamides is 1. The van der Waals surface area contributed by atoms with E-state index < -0.39 is 10.0 Å². The van der Waals surface area contributed by atoms with Crippen LogP contribution in [0.15, 0.2) is 24.3 Å². The smallest absolute Gasteiger partial charge is 0.315 e. The van der Waals surface area contributed by atoms with Crippen LogP contribution in [0.2, 0.25) is 0 Å². The topological polar surface area (TPSA) is 87.7 Å². The summed E-state index contributed by atoms with van der Waals surface area (Å²) >= 11 is 0. The van der Waals surface area contributed by atoms with E-state index >= 15 is 0 Å². The monoisotopic (exact) mass is 343 g/mol. The Kier molecular flexibility index (Phi) is 7.31. The average Bonchev–Trinajstić information content (AvgIpc) is 2.44. The third kappa shape index (κ3) is 6.87. The molecule has 0 atom stereocenters. The van der Waals surface area contributed by atoms with Crippen molar-refractivity contribution in [3.63, 3.8) is 0 Å². The van der Waals surface area contributed by atoms with Crippen molar-refractivity contribution >= 4 is 16.1 Å². The largest absolute Gasteiger partial charge is 0.496 e. The van der Waals surface area contributed by atoms with E-state index in [1.807, 2.05) is 32.0 Å². The van der Waals surface area contributed by atoms with Gasteiger partial charge in [0.1, 0.15) is 5.75 Å². The number of para-hydroxylation sites is 1. The molecule has 0 unspecified atom stereocenters. The van der Waals surface area contributed by atoms with Gasteiger partial charge in [-0.05, 0) is 19.9 Å². The molecular weight excluding hydrogens is 318 g/mol. The summed E-state index contributed by atoms with van der Waals surface area (Å²) in [6.45, 7) is 4.30. The summed E-state index contributed by atoms with van der Waals surface area (Å²) in [7, 11) is -1.86. The van der Waals surface area contributed by atoms with Gasteiger partial charge in [0.15, 0.2) is 0 Å². The number of carbonyl (C=O) groups excluding carboxylic acids is 1. The molecular formula is C15H25N3O4S. The molecule has 0 bridgehead atoms. The molecule has 0 aliphatic carbocycles. The minimum atomic E-state index is -3.40. The molecule has 0 saturated heterocycles. The molecule has 130 valence electrons. The summed E-state index contributed by atoms with van der Waals surface area (Å²) in [5.74, 6) is 0.631. The van der Waals surface area contributed by atoms with Crippen LogP contribution < -0.4 is 15.4 Å². The van der Waals surface area contributed by atoms with Crippen molar-refractivity contribution < 1.29 is 17.9 Å². The lowest BCUT2D eigenvalue weighted by Gasteiger charge is -2.21. The molecule has 0 fully saturated rings. The first-order valence-electron chi connectivity index (χ1n) is 7.35. The van der Waals surface area contributed by atoms with E-state index in [0.29, 0.717) is 5.75 Å². The Hall–Kier alpha value is -1.80. The first kappa shape index (κ1) is 19.2. The number of nitrogens with one attached hydrogen (secondary N) is 2. The summed E-state index contributed by atoms with van der Waals surface area (Å²) in [5, 5.41) is 5.33. The first-order chi connectivity index (χ1) is 10.7. The zero-order chi connectivity index (χ0) is 17.5. The normalized spacial score (nSPS) is 11.6. The highest BCUT2D eigenvalue weighted by Crippen LogP contribution is 2.20. The Morgan fingerprint density at radius 2 is 1.96 bits per heavy atom. The maximum atomic E-state index is 11.9. The van der Waals surface area contributed by atoms with Crippen LogP contribution in [0, 0.1) is 0 Å². The molecule has 0 aliphatic rings. The molecule has 1 aromatic carbocycles. The molecule has 0 saturated carbocycles. The lowest BCUT2D eigenvalue weighted by Crippen LogP contribution is -2.43. The molecule has 2 N–H and O–H groups in total. The molecule has 8 heteroatoms. The van der Waals surface area contributed by atoms with Gasteiger partial charge in [0.05, 0.1) is 13.4 Å². The second kappa shape index (κ2) is 8.73. The summed E-state index contributed by atoms with van der Waals surface area (Å²) in [6, 6.07) is 6.96. The first-order valence-corrected chi connectivity index (χ1v) is 9.20. The van der Waals surface area contributed by atoms with Gasteiger partial charge in [-0.1, -0.05) is 18.2 Å². The van der Waals surface area contributed by atoms with Crippen molar-refractivity contribution in [3.05, 3.63) is 29.8 Å². The Balaban J connectivity index is 2.69. The molecule has 0 spiro atoms. The van der Waals surface area contributed by atoms with Crippen molar-refractivity contribution in [1.82, 2.24) is 14.9 Å². The lowest BCUT2D eigenvalue weighted by molar-refractivity contribution is 0.237. The van der Waals surface area contributed by atoms with Gasteiger partial charge in [0, 0.05) is 31.2 Å². The number of methoxy groups -OCH3 is 1. The highest BCUT2D eigenvalue weighted by molar-refractivity contribution is 7.88. The highest BCUT2D eigenvalue weighted by Gasteiger charge is 2.18. The third-order valence-electron chi connectivity index (χ3n) is 3.07. The number of carbonyl (C=O) groups is 1. The van der Waals surface area contributed by atoms with E-state index in [-0.39, 0.29) is 31.7 Å². The van der Waals surface area contributed by atoms with Crippen LogP contribution in [-0.4, -0.2) is 51.3 Å². The predicted molar refractivity (Wildman–Crippen MR) is 89.9 cm³/mol. The number of amides is 2. The number of nitrogens with zero attached hydrogens (tertiary/aromatic N) is 1. The minimum Gasteiger partial charge on any atom is -0.496 e. The molecule has 1 aromatic rings. The van der Waals surface area contributed by atoms with Crippen molar-refractivity contribution in [2.24, 2.45) is 0 Å². The van der Waals surface area contributed by atoms with Crippen molar-refractivity contribution in [3.8, 4) is 5.75 Å². The zero-order valence-corrected chi connectivity index (χ0v) is 14.8. The van der Waals surface area contributed by atoms with Crippen molar-refractivity contribution in [1.29, 1.82) is 0 Å². The van der Waals surface area contributed by atoms with Gasteiger partial charge in [0.2, 0.25) is 10.0 Å². The molecule has 0 aliphatic heterocycles. The molecule has 23 heavy (non-hydrogen) atoms. The standard InChI is InChI=1S/C15H25N3O4S/c1-12(2)17-15(19)16-9-10-18(23(4,20)21)11-13-7-5-6-8-14(13)22-3/h5-8,12H,9-11H2,1-4H3,(H2,16,17,19). The number of hydrogen-bond donors (Lipinski definition) is 2. The molecule has 7 nitrogen and oxygen atoms in total. The maximum absolute atomic E-state index is 11.9. The second-order valence-corrected chi connectivity index (χ2v) is 7.45. The molecule has 0 heterocycles. The lowest BCUT2D eigenvalue weighted by atomic mass is 10.2. The van der Waals surface area contributed by atoms with Gasteiger partial charge in [0.25, 0.3) is 0 Å². The molecule has 0 aromatic heterocycles. The predicted octanol–water partition coefficient (Wildman–Crippen LogP) is 1.16. The van der Waals surface area contributed by atoms with Crippen LogP contribution >= 0.6 is 0 Å². The van der Waals surface area contributed by atoms with Crippen LogP contribution in [-0.2, 0) is 16.6 Å². The quantitative estimate of drug-likeness (QED) is 0.741. The second-order valence-electron chi connectivity index (χ2n) is 5.46. The Morgan fingerprint density at radius 1 is 1.30 bits per heavy atom. The molecule has 0 radical (unpaired) electrons. The van der Waals surface area contributed by atoms with Crippen LogP contribution in [0.25, 0.3) is 0 Å². The zero-order valence-electron chi connectivity index (χ0n) is 14.0. The Bertz CT molecular complexity index is 617. The van der Waals surface area contributed by atoms with E-state index in [2.05, 4.69) is 10.6 Å². The van der Waals surface area contributed by atoms with Crippen LogP contribution in [0.4, 0.5) is 4.79 Å². The van der Waals surface area contributed by atoms with Crippen molar-refractivity contribution in [2.75, 3.05) is 26.5 Å². The summed E-state index contributed by atoms with van der Waals surface area (Å²) in [4.78, 5) is 11.5. The number of urea groups is 1. The van der Waals surface area contributed by atoms with E-state index in [1.54, 1.807) is 13.2 Å². The van der Waals surface area contributed by atoms with Crippen LogP contribution in [0.1, 0.15) is 19.4 Å². The highest BCUT2D eigenvalue weighted by atomic mass is 32.2. The maximum Gasteiger partial charge on any atom is 0.315 e. The summed E-state index contributed by atoms with van der Waals surface area (Å²) in [5.41, 5.74) is 0.770. The Labute approximate surface area is 138 Å². The van der Waals surface area contributed by atoms with E-state index in [4.69, 9.17) is 4.74 Å². The molecule has 1 rings (SSSR count). The van der Waals surface area contributed by atoms with Gasteiger partial charge in [-0.2, -0.15) is 4.31 Å². The average molecular weight is 343 g/mol. The number of hydrogen-bond acceptors (Lipinski definition) is 4. The molecule has 2 amide bonds. The minimum absolute atomic E-state index is 0.0228. The van der Waals surface area contributed by atoms with E-state index in [9.17, 15) is 13.2 Å². The van der Waals surface area contributed by atoms with Gasteiger partial charge < -0.3 is 15.4 Å². The SMILES string of the molecule is COc1ccccc1CN(CCNC(=O)NC(C)C)S(C)(=O)=O. The van der Waals surface area contributed by atoms with Crippen LogP contribution in [0.3, 0.4) is 0 Å². The van der Waals surface area contributed by atoms with Crippen LogP contribution in [0.5, 0.6) is 5.75 Å². The fourth-order valence-electron chi connectivity index (χ4n) is 1.99. The summed E-state index contributed by atoms with van der Waals surface area (Å²) in [6.07, 6.45) is 1.15. The van der Waals surface area contributed by atoms with Gasteiger partial charge >= 0.3 is 6.03 Å². The van der Waals surface area contributed by atoms with Gasteiger partial charge in [-0.3, -0.25) is 0 Å². The van der Waals surface area contributed by atoms with Gasteiger partial charge in [-0.15, -0.1) is 0 Å². The number of benzene rings is 1. The number of rotatable bonds is 8. The number of ether oxygens (including phenoxy) is 1. The van der Waals surface area contributed by atoms with E-state index in [1.165, 1.54) is 4.31 Å². The third-order valence-corrected chi connectivity index (χ3v) is 4.32. The fourth-order valence-corrected chi connectivity index (χ4v) is 2.79. The Morgan fingerprint density at radius 3 is 2.52 bits per heavy atom.